The molecule has 0 fully saturated rings. The van der Waals surface area contributed by atoms with Crippen LogP contribution in [0.25, 0.3) is 50.4 Å². The summed E-state index contributed by atoms with van der Waals surface area (Å²) < 4.78 is 5.07. The van der Waals surface area contributed by atoms with Gasteiger partial charge in [0.05, 0.1) is 5.69 Å². The van der Waals surface area contributed by atoms with E-state index in [-0.39, 0.29) is 58.8 Å². The van der Waals surface area contributed by atoms with E-state index in [0.29, 0.717) is 5.56 Å². The molecule has 0 atom stereocenters. The molecule has 0 saturated heterocycles. The first-order valence-corrected chi connectivity index (χ1v) is 21.8. The minimum Gasteiger partial charge on any atom is 0 e. The number of phenolic OH excluding ortho intramolecular Hbond substituents is 1. The Morgan fingerprint density at radius 2 is 1.46 bits per heavy atom. The second-order valence-corrected chi connectivity index (χ2v) is 19.3. The molecule has 7 rings (SSSR count). The first kappa shape index (κ1) is 41.3. The van der Waals surface area contributed by atoms with Crippen molar-refractivity contribution in [2.45, 2.75) is 72.1 Å². The Kier molecular flexibility index (Phi) is 12.9. The van der Waals surface area contributed by atoms with Gasteiger partial charge < -0.3 is 5.11 Å². The zero-order valence-electron chi connectivity index (χ0n) is 33.3. The van der Waals surface area contributed by atoms with Crippen LogP contribution in [0.4, 0.5) is 5.69 Å². The fourth-order valence-corrected chi connectivity index (χ4v) is 9.46. The number of rotatable bonds is 10. The van der Waals surface area contributed by atoms with Gasteiger partial charge in [-0.1, -0.05) is 77.9 Å². The van der Waals surface area contributed by atoms with E-state index in [0.717, 1.165) is 61.6 Å². The van der Waals surface area contributed by atoms with E-state index in [1.54, 1.807) is 6.21 Å². The number of halogens is 1. The molecule has 1 heterocycles. The number of para-hydroxylation sites is 3. The van der Waals surface area contributed by atoms with E-state index in [2.05, 4.69) is 162 Å². The largest absolute Gasteiger partial charge is 0 e. The van der Waals surface area contributed by atoms with Gasteiger partial charge in [0.25, 0.3) is 0 Å². The van der Waals surface area contributed by atoms with Crippen molar-refractivity contribution in [1.82, 2.24) is 9.55 Å². The molecule has 7 aromatic rings. The predicted octanol–water partition coefficient (Wildman–Crippen LogP) is 9.93. The molecule has 1 N–H and O–H groups in total. The first-order valence-electron chi connectivity index (χ1n) is 19.2. The summed E-state index contributed by atoms with van der Waals surface area (Å²) in [6.07, 6.45) is 4.39. The van der Waals surface area contributed by atoms with Crippen LogP contribution in [0.5, 0.6) is 5.75 Å². The number of aromatic nitrogens is 2. The van der Waals surface area contributed by atoms with E-state index in [1.807, 2.05) is 24.3 Å². The van der Waals surface area contributed by atoms with Gasteiger partial charge in [0.1, 0.15) is 5.75 Å². The maximum atomic E-state index is 11.5. The summed E-state index contributed by atoms with van der Waals surface area (Å²) in [5.41, 5.74) is 11.4. The minimum absolute atomic E-state index is 0. The topological polar surface area (TPSA) is 50.4 Å². The number of imidazole rings is 1. The minimum atomic E-state index is -0.234. The maximum absolute atomic E-state index is 11.5. The number of aromatic hydroxyl groups is 1. The van der Waals surface area contributed by atoms with E-state index >= 15 is 0 Å². The first-order chi connectivity index (χ1) is 26.4. The van der Waals surface area contributed by atoms with E-state index in [9.17, 15) is 5.11 Å². The third-order valence-electron chi connectivity index (χ3n) is 10.0. The SMILES string of the molecule is CCCC[I-]c1ccc(-c2c[c-]c(-c3cccc4c3nc(-c3ccccc3N=Cc3cc(C(C)(C)C)cc(C(C)(C)C)c3O)n4-c3ccccc3)cc2)cc1.[Pt]. The zero-order chi connectivity index (χ0) is 38.7. The van der Waals surface area contributed by atoms with Crippen molar-refractivity contribution in [3.05, 3.63) is 154 Å². The van der Waals surface area contributed by atoms with Crippen LogP contribution in [0.2, 0.25) is 0 Å². The molecular weight excluding hydrogens is 981 g/mol. The molecule has 1 aromatic heterocycles. The molecule has 0 saturated carbocycles. The number of aliphatic imine (C=N–C) groups is 1. The normalized spacial score (nSPS) is 12.1. The molecule has 0 aliphatic rings. The average Bonchev–Trinajstić information content (AvgIpc) is 3.57. The number of nitrogens with zero attached hydrogens (tertiary/aromatic N) is 3. The number of phenols is 1. The molecule has 0 bridgehead atoms. The summed E-state index contributed by atoms with van der Waals surface area (Å²) in [5, 5.41) is 11.5. The van der Waals surface area contributed by atoms with Crippen LogP contribution in [-0.2, 0) is 31.9 Å². The third kappa shape index (κ3) is 8.95. The van der Waals surface area contributed by atoms with Gasteiger partial charge in [0.2, 0.25) is 0 Å². The summed E-state index contributed by atoms with van der Waals surface area (Å²) in [7, 11) is 0. The van der Waals surface area contributed by atoms with Crippen LogP contribution in [-0.4, -0.2) is 25.3 Å². The molecule has 0 amide bonds. The van der Waals surface area contributed by atoms with E-state index in [1.165, 1.54) is 26.4 Å². The standard InChI is InChI=1S/C50H50IN3O.Pt/c1-8-9-30-51-39-28-26-35(27-29-39)34-22-24-36(25-23-34)41-19-15-21-45-46(41)53-48(54(45)40-16-11-10-12-17-40)42-18-13-14-20-44(42)52-33-37-31-38(49(2,3)4)32-43(47(37)55)50(5,6)7;/h10-24,26-29,31-33,55H,8-9,30H2,1-7H3;/q-2;. The molecule has 290 valence electrons. The molecular formula is C50H50IN3OPt-2. The average molecular weight is 1030 g/mol. The molecule has 6 aromatic carbocycles. The number of hydrogen-bond donors (Lipinski definition) is 1. The van der Waals surface area contributed by atoms with Crippen molar-refractivity contribution in [2.75, 3.05) is 4.43 Å². The molecule has 0 spiro atoms. The van der Waals surface area contributed by atoms with Crippen molar-refractivity contribution in [1.29, 1.82) is 0 Å². The van der Waals surface area contributed by atoms with Crippen molar-refractivity contribution in [3.63, 3.8) is 0 Å². The Balaban J connectivity index is 0.00000532. The van der Waals surface area contributed by atoms with Crippen molar-refractivity contribution >= 4 is 22.9 Å². The van der Waals surface area contributed by atoms with Gasteiger partial charge in [-0.25, -0.2) is 0 Å². The quantitative estimate of drug-likeness (QED) is 0.0488. The van der Waals surface area contributed by atoms with Gasteiger partial charge in [-0.15, -0.1) is 0 Å². The zero-order valence-corrected chi connectivity index (χ0v) is 37.7. The number of benzene rings is 6. The van der Waals surface area contributed by atoms with Crippen LogP contribution in [0.1, 0.15) is 78.0 Å². The molecule has 6 heteroatoms. The number of hydrogen-bond acceptors (Lipinski definition) is 3. The summed E-state index contributed by atoms with van der Waals surface area (Å²) >= 11 is 0.0864. The van der Waals surface area contributed by atoms with Gasteiger partial charge in [0.15, 0.2) is 0 Å². The fraction of sp³-hybridized carbons (Fsp3) is 0.240. The molecule has 4 nitrogen and oxygen atoms in total. The van der Waals surface area contributed by atoms with Gasteiger partial charge in [-0.2, -0.15) is 0 Å². The number of fused-ring (bicyclic) bond motifs is 1. The Morgan fingerprint density at radius 3 is 2.14 bits per heavy atom. The van der Waals surface area contributed by atoms with Crippen LogP contribution in [0.15, 0.2) is 132 Å². The monoisotopic (exact) mass is 1030 g/mol. The Bertz CT molecular complexity index is 2450. The van der Waals surface area contributed by atoms with Gasteiger partial charge in [0, 0.05) is 49.7 Å². The van der Waals surface area contributed by atoms with Crippen LogP contribution in [0.3, 0.4) is 0 Å². The fourth-order valence-electron chi connectivity index (χ4n) is 6.82. The summed E-state index contributed by atoms with van der Waals surface area (Å²) in [5.74, 6) is 1.06. The molecule has 0 aliphatic heterocycles. The van der Waals surface area contributed by atoms with Gasteiger partial charge in [-0.3, -0.25) is 4.99 Å². The summed E-state index contributed by atoms with van der Waals surface area (Å²) in [6.45, 7) is 15.3. The number of unbranched alkanes of at least 4 members (excludes halogenated alkanes) is 1. The molecule has 56 heavy (non-hydrogen) atoms. The number of alkyl halides is 1. The van der Waals surface area contributed by atoms with Crippen LogP contribution in [0, 0.1) is 9.64 Å². The molecule has 0 radical (unpaired) electrons. The van der Waals surface area contributed by atoms with Crippen LogP contribution >= 0.6 is 0 Å². The summed E-state index contributed by atoms with van der Waals surface area (Å²) in [6, 6.07) is 48.3. The van der Waals surface area contributed by atoms with Crippen molar-refractivity contribution in [3.8, 4) is 45.1 Å². The summed E-state index contributed by atoms with van der Waals surface area (Å²) in [4.78, 5) is 10.5. The second kappa shape index (κ2) is 17.4. The Labute approximate surface area is 357 Å². The molecule has 0 unspecified atom stereocenters. The van der Waals surface area contributed by atoms with Crippen LogP contribution < -0.4 is 21.2 Å². The third-order valence-corrected chi connectivity index (χ3v) is 12.9. The van der Waals surface area contributed by atoms with E-state index in [4.69, 9.17) is 9.98 Å². The van der Waals surface area contributed by atoms with Crippen molar-refractivity contribution < 1.29 is 47.4 Å². The smallest absolute Gasteiger partial charge is 0 e. The van der Waals surface area contributed by atoms with E-state index < -0.39 is 0 Å². The van der Waals surface area contributed by atoms with Gasteiger partial charge >= 0.3 is 164 Å². The van der Waals surface area contributed by atoms with Gasteiger partial charge in [-0.05, 0) is 46.7 Å². The Morgan fingerprint density at radius 1 is 0.768 bits per heavy atom. The van der Waals surface area contributed by atoms with Crippen molar-refractivity contribution in [2.24, 2.45) is 4.99 Å². The maximum Gasteiger partial charge on any atom is 0 e. The Hall–Kier alpha value is -4.32. The second-order valence-electron chi connectivity index (χ2n) is 16.2. The molecule has 0 aliphatic carbocycles. The predicted molar refractivity (Wildman–Crippen MR) is 227 cm³/mol.